The van der Waals surface area contributed by atoms with Crippen LogP contribution in [0.25, 0.3) is 11.3 Å². The first-order valence-corrected chi connectivity index (χ1v) is 10.7. The third-order valence-electron chi connectivity index (χ3n) is 5.81. The monoisotopic (exact) mass is 432 g/mol. The van der Waals surface area contributed by atoms with Crippen molar-refractivity contribution < 1.29 is 14.3 Å². The molecule has 0 unspecified atom stereocenters. The number of carbonyl (C=O) groups excluding carboxylic acids is 1. The number of anilines is 1. The van der Waals surface area contributed by atoms with Crippen molar-refractivity contribution >= 4 is 11.7 Å². The molecule has 0 saturated carbocycles. The quantitative estimate of drug-likeness (QED) is 0.594. The lowest BCUT2D eigenvalue weighted by atomic mass is 10.1. The average Bonchev–Trinajstić information content (AvgIpc) is 2.85. The average molecular weight is 433 g/mol. The molecule has 1 aromatic heterocycles. The van der Waals surface area contributed by atoms with Gasteiger partial charge >= 0.3 is 0 Å². The van der Waals surface area contributed by atoms with Crippen molar-refractivity contribution in [3.8, 4) is 22.8 Å². The minimum Gasteiger partial charge on any atom is -0.497 e. The molecule has 7 heteroatoms. The Hall–Kier alpha value is -3.61. The number of piperazine rings is 1. The number of aryl methyl sites for hydroxylation is 2. The predicted molar refractivity (Wildman–Crippen MR) is 124 cm³/mol. The molecule has 0 atom stereocenters. The van der Waals surface area contributed by atoms with Gasteiger partial charge in [0.05, 0.1) is 12.8 Å². The normalized spacial score (nSPS) is 13.7. The number of nitrogens with zero attached hydrogens (tertiary/aromatic N) is 4. The van der Waals surface area contributed by atoms with E-state index in [-0.39, 0.29) is 12.5 Å². The fraction of sp³-hybridized carbons (Fsp3) is 0.320. The zero-order valence-electron chi connectivity index (χ0n) is 18.7. The molecule has 1 aliphatic heterocycles. The second-order valence-electron chi connectivity index (χ2n) is 7.91. The van der Waals surface area contributed by atoms with E-state index >= 15 is 0 Å². The number of aromatic nitrogens is 2. The van der Waals surface area contributed by atoms with Crippen molar-refractivity contribution in [1.82, 2.24) is 15.1 Å². The topological polar surface area (TPSA) is 67.8 Å². The Balaban J connectivity index is 1.30. The Morgan fingerprint density at radius 3 is 2.41 bits per heavy atom. The van der Waals surface area contributed by atoms with Crippen LogP contribution in [-0.4, -0.2) is 60.9 Å². The number of benzene rings is 2. The largest absolute Gasteiger partial charge is 0.497 e. The van der Waals surface area contributed by atoms with Crippen LogP contribution < -0.4 is 14.4 Å². The summed E-state index contributed by atoms with van der Waals surface area (Å²) in [5, 5.41) is 8.78. The highest BCUT2D eigenvalue weighted by molar-refractivity contribution is 5.78. The molecule has 32 heavy (non-hydrogen) atoms. The van der Waals surface area contributed by atoms with Gasteiger partial charge in [0.2, 0.25) is 0 Å². The number of methoxy groups -OCH3 is 1. The Morgan fingerprint density at radius 2 is 1.72 bits per heavy atom. The number of carbonyl (C=O) groups is 1. The summed E-state index contributed by atoms with van der Waals surface area (Å²) < 4.78 is 11.0. The second-order valence-corrected chi connectivity index (χ2v) is 7.91. The highest BCUT2D eigenvalue weighted by Crippen LogP contribution is 2.23. The maximum Gasteiger partial charge on any atom is 0.260 e. The molecule has 1 saturated heterocycles. The Kier molecular flexibility index (Phi) is 6.54. The van der Waals surface area contributed by atoms with E-state index in [1.807, 2.05) is 66.4 Å². The van der Waals surface area contributed by atoms with Crippen LogP contribution in [0.2, 0.25) is 0 Å². The van der Waals surface area contributed by atoms with Gasteiger partial charge in [0.15, 0.2) is 12.4 Å². The molecule has 1 fully saturated rings. The van der Waals surface area contributed by atoms with Gasteiger partial charge in [-0.3, -0.25) is 4.79 Å². The maximum atomic E-state index is 12.6. The van der Waals surface area contributed by atoms with Crippen molar-refractivity contribution in [2.45, 2.75) is 13.8 Å². The molecule has 4 rings (SSSR count). The van der Waals surface area contributed by atoms with Crippen molar-refractivity contribution in [2.24, 2.45) is 0 Å². The highest BCUT2D eigenvalue weighted by atomic mass is 16.5. The van der Waals surface area contributed by atoms with Crippen LogP contribution in [0.4, 0.5) is 5.82 Å². The Morgan fingerprint density at radius 1 is 0.906 bits per heavy atom. The summed E-state index contributed by atoms with van der Waals surface area (Å²) in [6, 6.07) is 17.6. The standard InChI is InChI=1S/C25H28N4O3/c1-18-7-8-22(15-19(18)2)32-17-25(30)29-13-11-28(12-14-29)24-10-9-23(26-27-24)20-5-4-6-21(16-20)31-3/h4-10,15-16H,11-14,17H2,1-3H3. The molecule has 0 radical (unpaired) electrons. The van der Waals surface area contributed by atoms with Crippen LogP contribution in [0, 0.1) is 13.8 Å². The summed E-state index contributed by atoms with van der Waals surface area (Å²) in [6.45, 7) is 6.83. The minimum atomic E-state index is 0.00216. The van der Waals surface area contributed by atoms with E-state index in [1.54, 1.807) is 7.11 Å². The van der Waals surface area contributed by atoms with Crippen LogP contribution >= 0.6 is 0 Å². The van der Waals surface area contributed by atoms with Gasteiger partial charge in [0.25, 0.3) is 5.91 Å². The second kappa shape index (κ2) is 9.68. The lowest BCUT2D eigenvalue weighted by Gasteiger charge is -2.35. The molecule has 3 aromatic rings. The lowest BCUT2D eigenvalue weighted by Crippen LogP contribution is -2.50. The number of hydrogen-bond acceptors (Lipinski definition) is 6. The summed E-state index contributed by atoms with van der Waals surface area (Å²) >= 11 is 0. The molecule has 2 heterocycles. The minimum absolute atomic E-state index is 0.00216. The van der Waals surface area contributed by atoms with Crippen LogP contribution in [0.3, 0.4) is 0 Å². The number of ether oxygens (including phenoxy) is 2. The van der Waals surface area contributed by atoms with Gasteiger partial charge < -0.3 is 19.3 Å². The van der Waals surface area contributed by atoms with Crippen LogP contribution in [0.5, 0.6) is 11.5 Å². The molecule has 1 aliphatic rings. The molecule has 1 amide bonds. The summed E-state index contributed by atoms with van der Waals surface area (Å²) in [5.41, 5.74) is 4.12. The van der Waals surface area contributed by atoms with Gasteiger partial charge in [-0.25, -0.2) is 0 Å². The van der Waals surface area contributed by atoms with Gasteiger partial charge in [-0.2, -0.15) is 0 Å². The third kappa shape index (κ3) is 4.99. The molecule has 0 bridgehead atoms. The van der Waals surface area contributed by atoms with Gasteiger partial charge in [-0.05, 0) is 61.4 Å². The first-order valence-electron chi connectivity index (χ1n) is 10.7. The summed E-state index contributed by atoms with van der Waals surface area (Å²) in [5.74, 6) is 2.33. The fourth-order valence-corrected chi connectivity index (χ4v) is 3.66. The smallest absolute Gasteiger partial charge is 0.260 e. The maximum absolute atomic E-state index is 12.6. The zero-order valence-corrected chi connectivity index (χ0v) is 18.7. The Bertz CT molecular complexity index is 1080. The highest BCUT2D eigenvalue weighted by Gasteiger charge is 2.22. The van der Waals surface area contributed by atoms with Crippen LogP contribution in [-0.2, 0) is 4.79 Å². The number of amides is 1. The van der Waals surface area contributed by atoms with Gasteiger partial charge in [0.1, 0.15) is 11.5 Å². The molecule has 7 nitrogen and oxygen atoms in total. The molecule has 2 aromatic carbocycles. The van der Waals surface area contributed by atoms with Crippen molar-refractivity contribution in [3.63, 3.8) is 0 Å². The third-order valence-corrected chi connectivity index (χ3v) is 5.81. The summed E-state index contributed by atoms with van der Waals surface area (Å²) in [6.07, 6.45) is 0. The summed E-state index contributed by atoms with van der Waals surface area (Å²) in [4.78, 5) is 16.6. The van der Waals surface area contributed by atoms with Crippen LogP contribution in [0.15, 0.2) is 54.6 Å². The first kappa shape index (κ1) is 21.6. The van der Waals surface area contributed by atoms with E-state index < -0.39 is 0 Å². The molecular formula is C25H28N4O3. The molecule has 166 valence electrons. The summed E-state index contributed by atoms with van der Waals surface area (Å²) in [7, 11) is 1.65. The van der Waals surface area contributed by atoms with Crippen molar-refractivity contribution in [2.75, 3.05) is 44.8 Å². The first-order chi connectivity index (χ1) is 15.5. The SMILES string of the molecule is COc1cccc(-c2ccc(N3CCN(C(=O)COc4ccc(C)c(C)c4)CC3)nn2)c1. The lowest BCUT2D eigenvalue weighted by molar-refractivity contribution is -0.133. The number of rotatable bonds is 6. The van der Waals surface area contributed by atoms with E-state index in [1.165, 1.54) is 5.56 Å². The van der Waals surface area contributed by atoms with Gasteiger partial charge in [0, 0.05) is 31.7 Å². The van der Waals surface area contributed by atoms with Crippen molar-refractivity contribution in [1.29, 1.82) is 0 Å². The van der Waals surface area contributed by atoms with Gasteiger partial charge in [-0.1, -0.05) is 18.2 Å². The van der Waals surface area contributed by atoms with E-state index in [0.717, 1.165) is 34.1 Å². The van der Waals surface area contributed by atoms with Crippen molar-refractivity contribution in [3.05, 3.63) is 65.7 Å². The Labute approximate surface area is 188 Å². The molecule has 0 spiro atoms. The number of hydrogen-bond donors (Lipinski definition) is 0. The molecular weight excluding hydrogens is 404 g/mol. The molecule has 0 N–H and O–H groups in total. The van der Waals surface area contributed by atoms with E-state index in [4.69, 9.17) is 9.47 Å². The fourth-order valence-electron chi connectivity index (χ4n) is 3.66. The van der Waals surface area contributed by atoms with E-state index in [9.17, 15) is 4.79 Å². The zero-order chi connectivity index (χ0) is 22.5. The predicted octanol–water partition coefficient (Wildman–Crippen LogP) is 3.50. The van der Waals surface area contributed by atoms with Gasteiger partial charge in [-0.15, -0.1) is 10.2 Å². The van der Waals surface area contributed by atoms with Crippen LogP contribution in [0.1, 0.15) is 11.1 Å². The molecule has 0 aliphatic carbocycles. The van der Waals surface area contributed by atoms with E-state index in [2.05, 4.69) is 22.0 Å². The van der Waals surface area contributed by atoms with E-state index in [0.29, 0.717) is 26.2 Å².